The van der Waals surface area contributed by atoms with Crippen molar-refractivity contribution >= 4 is 50.7 Å². The Morgan fingerprint density at radius 3 is 2.70 bits per heavy atom. The molecule has 2 aromatic carbocycles. The number of likely N-dealkylation sites (tertiary alicyclic amines) is 1. The van der Waals surface area contributed by atoms with E-state index in [0.29, 0.717) is 34.0 Å². The molecular weight excluding hydrogens is 491 g/mol. The van der Waals surface area contributed by atoms with Crippen LogP contribution in [0, 0.1) is 5.92 Å². The molecule has 0 atom stereocenters. The summed E-state index contributed by atoms with van der Waals surface area (Å²) in [5, 5.41) is 7.89. The smallest absolute Gasteiger partial charge is 0.241 e. The lowest BCUT2D eigenvalue weighted by Crippen LogP contribution is -2.37. The highest BCUT2D eigenvalue weighted by Gasteiger charge is 2.26. The largest absolute Gasteiger partial charge is 0.338 e. The number of hydrogen-bond donors (Lipinski definition) is 1. The molecule has 0 radical (unpaired) electrons. The predicted octanol–water partition coefficient (Wildman–Crippen LogP) is 5.66. The van der Waals surface area contributed by atoms with E-state index in [4.69, 9.17) is 27.7 Å². The Morgan fingerprint density at radius 2 is 1.97 bits per heavy atom. The molecule has 0 aliphatic carbocycles. The highest BCUT2D eigenvalue weighted by Crippen LogP contribution is 2.27. The number of carbonyl (C=O) groups is 1. The maximum atomic E-state index is 12.6. The quantitative estimate of drug-likeness (QED) is 0.480. The third-order valence-electron chi connectivity index (χ3n) is 5.06. The Labute approximate surface area is 192 Å². The van der Waals surface area contributed by atoms with Crippen LogP contribution in [0.1, 0.15) is 18.7 Å². The van der Waals surface area contributed by atoms with E-state index >= 15 is 0 Å². The Balaban J connectivity index is 1.29. The zero-order valence-electron chi connectivity index (χ0n) is 15.9. The lowest BCUT2D eigenvalue weighted by atomic mass is 9.96. The van der Waals surface area contributed by atoms with Crippen molar-refractivity contribution in [3.05, 3.63) is 62.9 Å². The molecule has 30 heavy (non-hydrogen) atoms. The SMILES string of the molecule is O=C(Nc1ccc(Cl)c(Cl)c1)C1CCN(Cc2nc(-c3cccc(Br)c3)no2)CC1. The van der Waals surface area contributed by atoms with Crippen molar-refractivity contribution in [1.82, 2.24) is 15.0 Å². The Morgan fingerprint density at radius 1 is 1.17 bits per heavy atom. The van der Waals surface area contributed by atoms with Gasteiger partial charge in [0.1, 0.15) is 0 Å². The van der Waals surface area contributed by atoms with Gasteiger partial charge in [-0.3, -0.25) is 9.69 Å². The monoisotopic (exact) mass is 508 g/mol. The van der Waals surface area contributed by atoms with Gasteiger partial charge in [0.05, 0.1) is 16.6 Å². The number of aromatic nitrogens is 2. The molecule has 1 aromatic heterocycles. The van der Waals surface area contributed by atoms with Crippen molar-refractivity contribution < 1.29 is 9.32 Å². The second kappa shape index (κ2) is 9.47. The van der Waals surface area contributed by atoms with E-state index in [9.17, 15) is 4.79 Å². The van der Waals surface area contributed by atoms with Crippen LogP contribution in [0.15, 0.2) is 51.5 Å². The van der Waals surface area contributed by atoms with Crippen molar-refractivity contribution in [2.24, 2.45) is 5.92 Å². The molecule has 1 amide bonds. The first-order chi connectivity index (χ1) is 14.5. The predicted molar refractivity (Wildman–Crippen MR) is 121 cm³/mol. The van der Waals surface area contributed by atoms with E-state index in [0.717, 1.165) is 36.0 Å². The number of nitrogens with one attached hydrogen (secondary N) is 1. The number of amides is 1. The molecule has 9 heteroatoms. The fourth-order valence-electron chi connectivity index (χ4n) is 3.43. The molecule has 1 aliphatic rings. The van der Waals surface area contributed by atoms with Gasteiger partial charge in [0, 0.05) is 21.6 Å². The van der Waals surface area contributed by atoms with E-state index in [2.05, 4.69) is 36.3 Å². The number of carbonyl (C=O) groups excluding carboxylic acids is 1. The molecule has 0 unspecified atom stereocenters. The molecular formula is C21H19BrCl2N4O2. The Hall–Kier alpha value is -1.93. The maximum absolute atomic E-state index is 12.6. The summed E-state index contributed by atoms with van der Waals surface area (Å²) in [6.07, 6.45) is 1.53. The topological polar surface area (TPSA) is 71.3 Å². The first-order valence-corrected chi connectivity index (χ1v) is 11.1. The average molecular weight is 510 g/mol. The Kier molecular flexibility index (Phi) is 6.73. The molecule has 0 saturated carbocycles. The minimum Gasteiger partial charge on any atom is -0.338 e. The van der Waals surface area contributed by atoms with Crippen LogP contribution in [-0.4, -0.2) is 34.0 Å². The third-order valence-corrected chi connectivity index (χ3v) is 6.29. The number of piperidine rings is 1. The summed E-state index contributed by atoms with van der Waals surface area (Å²) in [6, 6.07) is 12.9. The van der Waals surface area contributed by atoms with Gasteiger partial charge in [-0.1, -0.05) is 56.4 Å². The van der Waals surface area contributed by atoms with Crippen LogP contribution in [0.4, 0.5) is 5.69 Å². The van der Waals surface area contributed by atoms with Crippen LogP contribution in [0.5, 0.6) is 0 Å². The third kappa shape index (κ3) is 5.21. The zero-order chi connectivity index (χ0) is 21.1. The molecule has 1 saturated heterocycles. The minimum absolute atomic E-state index is 0.00256. The molecule has 0 spiro atoms. The summed E-state index contributed by atoms with van der Waals surface area (Å²) in [4.78, 5) is 19.3. The maximum Gasteiger partial charge on any atom is 0.241 e. The van der Waals surface area contributed by atoms with Crippen molar-refractivity contribution in [3.8, 4) is 11.4 Å². The summed E-state index contributed by atoms with van der Waals surface area (Å²) in [7, 11) is 0. The lowest BCUT2D eigenvalue weighted by molar-refractivity contribution is -0.121. The number of halogens is 3. The standard InChI is InChI=1S/C21H19BrCl2N4O2/c22-15-3-1-2-14(10-15)20-26-19(30-27-20)12-28-8-6-13(7-9-28)21(29)25-16-4-5-17(23)18(24)11-16/h1-5,10-11,13H,6-9,12H2,(H,25,29). The highest BCUT2D eigenvalue weighted by atomic mass is 79.9. The molecule has 1 fully saturated rings. The minimum atomic E-state index is -0.0457. The van der Waals surface area contributed by atoms with Gasteiger partial charge < -0.3 is 9.84 Å². The summed E-state index contributed by atoms with van der Waals surface area (Å²) in [6.45, 7) is 2.14. The van der Waals surface area contributed by atoms with Crippen molar-refractivity contribution in [2.75, 3.05) is 18.4 Å². The number of hydrogen-bond acceptors (Lipinski definition) is 5. The van der Waals surface area contributed by atoms with Gasteiger partial charge in [0.25, 0.3) is 0 Å². The number of nitrogens with zero attached hydrogens (tertiary/aromatic N) is 3. The Bertz CT molecular complexity index is 1050. The number of anilines is 1. The van der Waals surface area contributed by atoms with Gasteiger partial charge in [0.15, 0.2) is 0 Å². The van der Waals surface area contributed by atoms with Crippen molar-refractivity contribution in [3.63, 3.8) is 0 Å². The van der Waals surface area contributed by atoms with Crippen molar-refractivity contribution in [1.29, 1.82) is 0 Å². The number of benzene rings is 2. The fourth-order valence-corrected chi connectivity index (χ4v) is 4.12. The van der Waals surface area contributed by atoms with Crippen LogP contribution >= 0.6 is 39.1 Å². The summed E-state index contributed by atoms with van der Waals surface area (Å²) in [5.41, 5.74) is 1.56. The molecule has 3 aromatic rings. The van der Waals surface area contributed by atoms with Crippen LogP contribution in [0.3, 0.4) is 0 Å². The molecule has 0 bridgehead atoms. The molecule has 2 heterocycles. The number of rotatable bonds is 5. The fraction of sp³-hybridized carbons (Fsp3) is 0.286. The van der Waals surface area contributed by atoms with Gasteiger partial charge in [-0.15, -0.1) is 0 Å². The van der Waals surface area contributed by atoms with E-state index in [-0.39, 0.29) is 11.8 Å². The average Bonchev–Trinajstić information content (AvgIpc) is 3.20. The van der Waals surface area contributed by atoms with Gasteiger partial charge in [-0.25, -0.2) is 0 Å². The first-order valence-electron chi connectivity index (χ1n) is 9.55. The first kappa shape index (κ1) is 21.3. The highest BCUT2D eigenvalue weighted by molar-refractivity contribution is 9.10. The van der Waals surface area contributed by atoms with E-state index < -0.39 is 0 Å². The van der Waals surface area contributed by atoms with Gasteiger partial charge in [0.2, 0.25) is 17.6 Å². The van der Waals surface area contributed by atoms with Gasteiger partial charge >= 0.3 is 0 Å². The summed E-state index contributed by atoms with van der Waals surface area (Å²) in [5.74, 6) is 1.10. The van der Waals surface area contributed by atoms with E-state index in [1.54, 1.807) is 18.2 Å². The van der Waals surface area contributed by atoms with Gasteiger partial charge in [-0.2, -0.15) is 4.98 Å². The summed E-state index contributed by atoms with van der Waals surface area (Å²) < 4.78 is 6.38. The second-order valence-electron chi connectivity index (χ2n) is 7.19. The summed E-state index contributed by atoms with van der Waals surface area (Å²) >= 11 is 15.4. The van der Waals surface area contributed by atoms with E-state index in [1.807, 2.05) is 24.3 Å². The van der Waals surface area contributed by atoms with Gasteiger partial charge in [-0.05, 0) is 56.3 Å². The molecule has 1 aliphatic heterocycles. The van der Waals surface area contributed by atoms with Crippen LogP contribution in [0.2, 0.25) is 10.0 Å². The molecule has 6 nitrogen and oxygen atoms in total. The van der Waals surface area contributed by atoms with Crippen molar-refractivity contribution in [2.45, 2.75) is 19.4 Å². The molecule has 4 rings (SSSR count). The second-order valence-corrected chi connectivity index (χ2v) is 8.92. The lowest BCUT2D eigenvalue weighted by Gasteiger charge is -2.30. The van der Waals surface area contributed by atoms with Crippen LogP contribution in [-0.2, 0) is 11.3 Å². The van der Waals surface area contributed by atoms with E-state index in [1.165, 1.54) is 0 Å². The van der Waals surface area contributed by atoms with Crippen LogP contribution < -0.4 is 5.32 Å². The molecule has 156 valence electrons. The molecule has 1 N–H and O–H groups in total. The zero-order valence-corrected chi connectivity index (χ0v) is 19.0. The normalized spacial score (nSPS) is 15.3. The van der Waals surface area contributed by atoms with Crippen LogP contribution in [0.25, 0.3) is 11.4 Å².